The molecular formula is C15H22O3V. The Kier molecular flexibility index (Phi) is 5.32. The van der Waals surface area contributed by atoms with Crippen molar-refractivity contribution in [1.82, 2.24) is 0 Å². The van der Waals surface area contributed by atoms with Crippen LogP contribution in [-0.2, 0) is 29.4 Å². The van der Waals surface area contributed by atoms with Crippen molar-refractivity contribution >= 4 is 5.97 Å². The Labute approximate surface area is 126 Å². The largest absolute Gasteiger partial charge is 0.507 e. The maximum Gasteiger partial charge on any atom is 0.339 e. The summed E-state index contributed by atoms with van der Waals surface area (Å²) >= 11 is 0. The molecule has 2 N–H and O–H groups in total. The molecule has 3 nitrogen and oxygen atoms in total. The molecule has 105 valence electrons. The number of carboxylic acids is 1. The molecule has 0 unspecified atom stereocenters. The van der Waals surface area contributed by atoms with E-state index in [1.807, 2.05) is 47.6 Å². The second-order valence-corrected chi connectivity index (χ2v) is 6.73. The van der Waals surface area contributed by atoms with E-state index in [2.05, 4.69) is 0 Å². The molecule has 0 bridgehead atoms. The van der Waals surface area contributed by atoms with E-state index >= 15 is 0 Å². The summed E-state index contributed by atoms with van der Waals surface area (Å²) in [6.45, 7) is 12.0. The number of carbonyl (C=O) groups is 1. The van der Waals surface area contributed by atoms with Crippen molar-refractivity contribution < 1.29 is 33.6 Å². The maximum absolute atomic E-state index is 11.2. The first-order valence-electron chi connectivity index (χ1n) is 6.06. The standard InChI is InChI=1S/C15H22O3.V/c1-14(2,3)9-7-10(13(17)18)12(16)11(8-9)15(4,5)6;/h7-8,16H,1-6H3,(H,17,18);. The fraction of sp³-hybridized carbons (Fsp3) is 0.533. The fourth-order valence-corrected chi connectivity index (χ4v) is 1.80. The summed E-state index contributed by atoms with van der Waals surface area (Å²) in [5, 5.41) is 19.3. The van der Waals surface area contributed by atoms with Gasteiger partial charge in [0, 0.05) is 24.1 Å². The molecule has 1 aromatic carbocycles. The first-order chi connectivity index (χ1) is 7.94. The molecule has 1 rings (SSSR count). The van der Waals surface area contributed by atoms with E-state index in [0.29, 0.717) is 5.56 Å². The van der Waals surface area contributed by atoms with E-state index in [1.54, 1.807) is 6.07 Å². The summed E-state index contributed by atoms with van der Waals surface area (Å²) in [7, 11) is 0. The molecule has 0 aliphatic heterocycles. The third-order valence-corrected chi connectivity index (χ3v) is 3.01. The maximum atomic E-state index is 11.2. The van der Waals surface area contributed by atoms with E-state index in [4.69, 9.17) is 0 Å². The molecule has 1 aromatic rings. The molecule has 1 radical (unpaired) electrons. The molecule has 0 heterocycles. The quantitative estimate of drug-likeness (QED) is 0.832. The van der Waals surface area contributed by atoms with Gasteiger partial charge in [0.2, 0.25) is 0 Å². The van der Waals surface area contributed by atoms with E-state index in [-0.39, 0.29) is 40.7 Å². The Morgan fingerprint density at radius 2 is 1.47 bits per heavy atom. The van der Waals surface area contributed by atoms with E-state index in [0.717, 1.165) is 5.56 Å². The van der Waals surface area contributed by atoms with Crippen molar-refractivity contribution in [1.29, 1.82) is 0 Å². The third kappa shape index (κ3) is 4.02. The van der Waals surface area contributed by atoms with Gasteiger partial charge in [-0.15, -0.1) is 0 Å². The van der Waals surface area contributed by atoms with Gasteiger partial charge in [-0.1, -0.05) is 47.6 Å². The van der Waals surface area contributed by atoms with Crippen LogP contribution in [0.3, 0.4) is 0 Å². The Morgan fingerprint density at radius 1 is 1.00 bits per heavy atom. The summed E-state index contributed by atoms with van der Waals surface area (Å²) < 4.78 is 0. The van der Waals surface area contributed by atoms with E-state index < -0.39 is 5.97 Å². The molecule has 0 fully saturated rings. The number of phenols is 1. The van der Waals surface area contributed by atoms with Gasteiger partial charge in [-0.2, -0.15) is 0 Å². The molecule has 0 aliphatic carbocycles. The van der Waals surface area contributed by atoms with Gasteiger partial charge in [-0.25, -0.2) is 4.79 Å². The summed E-state index contributed by atoms with van der Waals surface area (Å²) in [6.07, 6.45) is 0. The topological polar surface area (TPSA) is 57.5 Å². The number of aromatic carboxylic acids is 1. The number of benzene rings is 1. The van der Waals surface area contributed by atoms with Crippen LogP contribution in [-0.4, -0.2) is 16.2 Å². The van der Waals surface area contributed by atoms with Gasteiger partial charge in [0.1, 0.15) is 11.3 Å². The predicted octanol–water partition coefficient (Wildman–Crippen LogP) is 3.68. The molecular weight excluding hydrogens is 279 g/mol. The van der Waals surface area contributed by atoms with Gasteiger partial charge in [0.15, 0.2) is 0 Å². The molecule has 0 atom stereocenters. The summed E-state index contributed by atoms with van der Waals surface area (Å²) in [5.74, 6) is -1.22. The van der Waals surface area contributed by atoms with Crippen molar-refractivity contribution in [3.63, 3.8) is 0 Å². The normalized spacial score (nSPS) is 11.9. The van der Waals surface area contributed by atoms with Gasteiger partial charge in [-0.05, 0) is 22.5 Å². The minimum atomic E-state index is -1.09. The van der Waals surface area contributed by atoms with Crippen molar-refractivity contribution in [2.24, 2.45) is 0 Å². The van der Waals surface area contributed by atoms with Crippen LogP contribution in [0.2, 0.25) is 0 Å². The molecule has 0 aliphatic rings. The van der Waals surface area contributed by atoms with Crippen LogP contribution >= 0.6 is 0 Å². The van der Waals surface area contributed by atoms with Crippen LogP contribution in [0.5, 0.6) is 5.75 Å². The zero-order valence-electron chi connectivity index (χ0n) is 12.4. The minimum Gasteiger partial charge on any atom is -0.507 e. The van der Waals surface area contributed by atoms with Gasteiger partial charge in [0.05, 0.1) is 0 Å². The Morgan fingerprint density at radius 3 is 1.79 bits per heavy atom. The number of carboxylic acid groups (broad SMARTS) is 1. The fourth-order valence-electron chi connectivity index (χ4n) is 1.80. The molecule has 0 aromatic heterocycles. The van der Waals surface area contributed by atoms with Crippen LogP contribution in [0.25, 0.3) is 0 Å². The van der Waals surface area contributed by atoms with Crippen molar-refractivity contribution in [2.75, 3.05) is 0 Å². The molecule has 19 heavy (non-hydrogen) atoms. The smallest absolute Gasteiger partial charge is 0.339 e. The van der Waals surface area contributed by atoms with Gasteiger partial charge < -0.3 is 10.2 Å². The van der Waals surface area contributed by atoms with Crippen molar-refractivity contribution in [3.8, 4) is 5.75 Å². The Balaban J connectivity index is 0.00000324. The monoisotopic (exact) mass is 301 g/mol. The number of hydrogen-bond donors (Lipinski definition) is 2. The first-order valence-corrected chi connectivity index (χ1v) is 6.06. The third-order valence-electron chi connectivity index (χ3n) is 3.01. The molecule has 0 saturated carbocycles. The van der Waals surface area contributed by atoms with Gasteiger partial charge in [0.25, 0.3) is 0 Å². The predicted molar refractivity (Wildman–Crippen MR) is 72.5 cm³/mol. The van der Waals surface area contributed by atoms with Crippen LogP contribution in [0, 0.1) is 0 Å². The number of aromatic hydroxyl groups is 1. The zero-order valence-corrected chi connectivity index (χ0v) is 13.8. The summed E-state index contributed by atoms with van der Waals surface area (Å²) in [5.41, 5.74) is 1.12. The Hall–Kier alpha value is -0.926. The summed E-state index contributed by atoms with van der Waals surface area (Å²) in [6, 6.07) is 3.47. The molecule has 4 heteroatoms. The van der Waals surface area contributed by atoms with Gasteiger partial charge in [-0.3, -0.25) is 0 Å². The summed E-state index contributed by atoms with van der Waals surface area (Å²) in [4.78, 5) is 11.2. The van der Waals surface area contributed by atoms with Crippen LogP contribution < -0.4 is 0 Å². The second kappa shape index (κ2) is 5.60. The van der Waals surface area contributed by atoms with Crippen molar-refractivity contribution in [3.05, 3.63) is 28.8 Å². The van der Waals surface area contributed by atoms with E-state index in [1.165, 1.54) is 0 Å². The molecule has 0 amide bonds. The van der Waals surface area contributed by atoms with Gasteiger partial charge >= 0.3 is 5.97 Å². The Bertz CT molecular complexity index is 479. The second-order valence-electron chi connectivity index (χ2n) is 6.73. The van der Waals surface area contributed by atoms with Crippen LogP contribution in [0.1, 0.15) is 63.0 Å². The average Bonchev–Trinajstić information content (AvgIpc) is 2.13. The molecule has 0 spiro atoms. The average molecular weight is 301 g/mol. The molecule has 0 saturated heterocycles. The number of hydrogen-bond acceptors (Lipinski definition) is 2. The number of rotatable bonds is 1. The SMILES string of the molecule is CC(C)(C)c1cc(C(=O)O)c(O)c(C(C)(C)C)c1.[V]. The van der Waals surface area contributed by atoms with E-state index in [9.17, 15) is 15.0 Å². The zero-order chi connectivity index (χ0) is 14.3. The van der Waals surface area contributed by atoms with Crippen LogP contribution in [0.4, 0.5) is 0 Å². The minimum absolute atomic E-state index is 0. The van der Waals surface area contributed by atoms with Crippen molar-refractivity contribution in [2.45, 2.75) is 52.4 Å². The van der Waals surface area contributed by atoms with Crippen LogP contribution in [0.15, 0.2) is 12.1 Å². The first kappa shape index (κ1) is 18.1.